The number of hydrogen-bond donors (Lipinski definition) is 0. The van der Waals surface area contributed by atoms with Crippen LogP contribution in [-0.4, -0.2) is 18.9 Å². The highest BCUT2D eigenvalue weighted by atomic mass is 79.9. The van der Waals surface area contributed by atoms with Gasteiger partial charge < -0.3 is 4.90 Å². The SMILES string of the molecule is CC1(C)CCN(c2ccccc2Br)CC1=O. The van der Waals surface area contributed by atoms with E-state index in [-0.39, 0.29) is 5.41 Å². The summed E-state index contributed by atoms with van der Waals surface area (Å²) in [6, 6.07) is 8.06. The minimum atomic E-state index is -0.155. The Hall–Kier alpha value is -0.830. The van der Waals surface area contributed by atoms with Crippen molar-refractivity contribution in [1.82, 2.24) is 0 Å². The smallest absolute Gasteiger partial charge is 0.157 e. The number of ketones is 1. The lowest BCUT2D eigenvalue weighted by atomic mass is 9.81. The molecule has 1 fully saturated rings. The van der Waals surface area contributed by atoms with Gasteiger partial charge in [0.25, 0.3) is 0 Å². The van der Waals surface area contributed by atoms with Crippen molar-refractivity contribution >= 4 is 27.4 Å². The van der Waals surface area contributed by atoms with Gasteiger partial charge in [-0.1, -0.05) is 26.0 Å². The molecule has 2 nitrogen and oxygen atoms in total. The lowest BCUT2D eigenvalue weighted by molar-refractivity contribution is -0.127. The standard InChI is InChI=1S/C13H16BrNO/c1-13(2)7-8-15(9-12(13)16)11-6-4-3-5-10(11)14/h3-6H,7-9H2,1-2H3. The Balaban J connectivity index is 2.20. The molecule has 1 aliphatic heterocycles. The van der Waals surface area contributed by atoms with Gasteiger partial charge in [-0.15, -0.1) is 0 Å². The third-order valence-corrected chi connectivity index (χ3v) is 3.96. The van der Waals surface area contributed by atoms with E-state index in [1.807, 2.05) is 32.0 Å². The van der Waals surface area contributed by atoms with Crippen molar-refractivity contribution < 1.29 is 4.79 Å². The molecule has 0 aliphatic carbocycles. The van der Waals surface area contributed by atoms with Crippen LogP contribution in [0, 0.1) is 5.41 Å². The molecule has 0 radical (unpaired) electrons. The second-order valence-corrected chi connectivity index (χ2v) is 5.78. The summed E-state index contributed by atoms with van der Waals surface area (Å²) in [7, 11) is 0. The largest absolute Gasteiger partial charge is 0.363 e. The van der Waals surface area contributed by atoms with Gasteiger partial charge in [0.05, 0.1) is 12.2 Å². The number of carbonyl (C=O) groups is 1. The molecule has 1 aliphatic rings. The maximum atomic E-state index is 12.0. The van der Waals surface area contributed by atoms with Gasteiger partial charge in [-0.25, -0.2) is 0 Å². The third-order valence-electron chi connectivity index (χ3n) is 3.29. The minimum absolute atomic E-state index is 0.155. The second kappa shape index (κ2) is 4.21. The van der Waals surface area contributed by atoms with E-state index in [1.54, 1.807) is 0 Å². The fourth-order valence-electron chi connectivity index (χ4n) is 1.93. The number of piperidine rings is 1. The van der Waals surface area contributed by atoms with Gasteiger partial charge in [-0.05, 0) is 34.5 Å². The normalized spacial score (nSPS) is 19.9. The Morgan fingerprint density at radius 1 is 1.31 bits per heavy atom. The van der Waals surface area contributed by atoms with E-state index in [0.29, 0.717) is 12.3 Å². The van der Waals surface area contributed by atoms with Gasteiger partial charge >= 0.3 is 0 Å². The molecule has 0 spiro atoms. The first-order chi connectivity index (χ1) is 7.50. The number of hydrogen-bond acceptors (Lipinski definition) is 2. The van der Waals surface area contributed by atoms with Gasteiger partial charge in [-0.2, -0.15) is 0 Å². The molecule has 0 unspecified atom stereocenters. The summed E-state index contributed by atoms with van der Waals surface area (Å²) in [4.78, 5) is 14.1. The van der Waals surface area contributed by atoms with E-state index >= 15 is 0 Å². The van der Waals surface area contributed by atoms with E-state index in [4.69, 9.17) is 0 Å². The highest BCUT2D eigenvalue weighted by Crippen LogP contribution is 2.32. The lowest BCUT2D eigenvalue weighted by Gasteiger charge is -2.37. The zero-order chi connectivity index (χ0) is 11.8. The highest BCUT2D eigenvalue weighted by molar-refractivity contribution is 9.10. The highest BCUT2D eigenvalue weighted by Gasteiger charge is 2.34. The van der Waals surface area contributed by atoms with Gasteiger partial charge in [0.2, 0.25) is 0 Å². The number of rotatable bonds is 1. The predicted octanol–water partition coefficient (Wildman–Crippen LogP) is 3.25. The lowest BCUT2D eigenvalue weighted by Crippen LogP contribution is -2.45. The first kappa shape index (κ1) is 11.6. The summed E-state index contributed by atoms with van der Waals surface area (Å²) in [6.07, 6.45) is 0.924. The van der Waals surface area contributed by atoms with Crippen molar-refractivity contribution in [3.63, 3.8) is 0 Å². The number of halogens is 1. The predicted molar refractivity (Wildman–Crippen MR) is 69.8 cm³/mol. The van der Waals surface area contributed by atoms with E-state index < -0.39 is 0 Å². The Bertz CT molecular complexity index is 414. The summed E-state index contributed by atoms with van der Waals surface area (Å²) >= 11 is 3.53. The molecule has 0 amide bonds. The average Bonchev–Trinajstić information content (AvgIpc) is 2.23. The van der Waals surface area contributed by atoms with Crippen LogP contribution in [0.5, 0.6) is 0 Å². The second-order valence-electron chi connectivity index (χ2n) is 4.93. The summed E-state index contributed by atoms with van der Waals surface area (Å²) < 4.78 is 1.06. The van der Waals surface area contributed by atoms with Crippen LogP contribution in [0.1, 0.15) is 20.3 Å². The Morgan fingerprint density at radius 2 is 2.00 bits per heavy atom. The van der Waals surface area contributed by atoms with Crippen LogP contribution < -0.4 is 4.90 Å². The molecule has 1 saturated heterocycles. The summed E-state index contributed by atoms with van der Waals surface area (Å²) in [5.41, 5.74) is 0.962. The van der Waals surface area contributed by atoms with Crippen molar-refractivity contribution in [2.75, 3.05) is 18.0 Å². The molecular weight excluding hydrogens is 266 g/mol. The molecule has 86 valence electrons. The van der Waals surface area contributed by atoms with E-state index in [9.17, 15) is 4.79 Å². The summed E-state index contributed by atoms with van der Waals surface area (Å²) in [5.74, 6) is 0.328. The Morgan fingerprint density at radius 3 is 2.62 bits per heavy atom. The molecule has 0 N–H and O–H groups in total. The first-order valence-electron chi connectivity index (χ1n) is 5.53. The molecule has 0 saturated carbocycles. The Kier molecular flexibility index (Phi) is 3.06. The minimum Gasteiger partial charge on any atom is -0.363 e. The van der Waals surface area contributed by atoms with Crippen molar-refractivity contribution in [1.29, 1.82) is 0 Å². The number of Topliss-reactive ketones (excluding diaryl/α,β-unsaturated/α-hetero) is 1. The molecule has 1 heterocycles. The molecule has 16 heavy (non-hydrogen) atoms. The third kappa shape index (κ3) is 2.14. The van der Waals surface area contributed by atoms with Crippen LogP contribution in [0.2, 0.25) is 0 Å². The van der Waals surface area contributed by atoms with Crippen molar-refractivity contribution in [2.45, 2.75) is 20.3 Å². The van der Waals surface area contributed by atoms with E-state index in [0.717, 1.165) is 23.1 Å². The van der Waals surface area contributed by atoms with Crippen molar-refractivity contribution in [3.8, 4) is 0 Å². The average molecular weight is 282 g/mol. The maximum absolute atomic E-state index is 12.0. The number of nitrogens with zero attached hydrogens (tertiary/aromatic N) is 1. The molecule has 3 heteroatoms. The molecule has 2 rings (SSSR count). The topological polar surface area (TPSA) is 20.3 Å². The van der Waals surface area contributed by atoms with E-state index in [2.05, 4.69) is 26.9 Å². The van der Waals surface area contributed by atoms with Gasteiger partial charge in [0.15, 0.2) is 5.78 Å². The Labute approximate surface area is 105 Å². The summed E-state index contributed by atoms with van der Waals surface area (Å²) in [6.45, 7) is 5.54. The maximum Gasteiger partial charge on any atom is 0.157 e. The van der Waals surface area contributed by atoms with Crippen LogP contribution in [0.15, 0.2) is 28.7 Å². The monoisotopic (exact) mass is 281 g/mol. The van der Waals surface area contributed by atoms with Gasteiger partial charge in [-0.3, -0.25) is 4.79 Å². The van der Waals surface area contributed by atoms with Crippen LogP contribution in [-0.2, 0) is 4.79 Å². The molecule has 1 aromatic rings. The molecule has 0 atom stereocenters. The fourth-order valence-corrected chi connectivity index (χ4v) is 2.47. The molecular formula is C13H16BrNO. The van der Waals surface area contributed by atoms with Gasteiger partial charge in [0, 0.05) is 16.4 Å². The molecule has 1 aromatic carbocycles. The van der Waals surface area contributed by atoms with Crippen molar-refractivity contribution in [3.05, 3.63) is 28.7 Å². The van der Waals surface area contributed by atoms with E-state index in [1.165, 1.54) is 0 Å². The quantitative estimate of drug-likeness (QED) is 0.788. The first-order valence-corrected chi connectivity index (χ1v) is 6.33. The zero-order valence-corrected chi connectivity index (χ0v) is 11.3. The van der Waals surface area contributed by atoms with Crippen LogP contribution in [0.4, 0.5) is 5.69 Å². The zero-order valence-electron chi connectivity index (χ0n) is 9.66. The van der Waals surface area contributed by atoms with Crippen LogP contribution in [0.25, 0.3) is 0 Å². The molecule has 0 bridgehead atoms. The number of anilines is 1. The number of carbonyl (C=O) groups excluding carboxylic acids is 1. The van der Waals surface area contributed by atoms with Gasteiger partial charge in [0.1, 0.15) is 0 Å². The number of benzene rings is 1. The van der Waals surface area contributed by atoms with Crippen LogP contribution >= 0.6 is 15.9 Å². The van der Waals surface area contributed by atoms with Crippen molar-refractivity contribution in [2.24, 2.45) is 5.41 Å². The summed E-state index contributed by atoms with van der Waals surface area (Å²) in [5, 5.41) is 0. The molecule has 0 aromatic heterocycles. The number of para-hydroxylation sites is 1. The fraction of sp³-hybridized carbons (Fsp3) is 0.462. The van der Waals surface area contributed by atoms with Crippen LogP contribution in [0.3, 0.4) is 0 Å².